The van der Waals surface area contributed by atoms with Crippen LogP contribution in [-0.4, -0.2) is 31.8 Å². The Morgan fingerprint density at radius 2 is 1.67 bits per heavy atom. The molecule has 0 N–H and O–H groups in total. The molecular formula is C21H21NO5. The molecule has 0 saturated heterocycles. The predicted octanol–water partition coefficient (Wildman–Crippen LogP) is 4.13. The van der Waals surface area contributed by atoms with Gasteiger partial charge in [-0.3, -0.25) is 4.79 Å². The van der Waals surface area contributed by atoms with Crippen LogP contribution in [0.15, 0.2) is 52.9 Å². The van der Waals surface area contributed by atoms with Crippen molar-refractivity contribution >= 4 is 5.97 Å². The topological polar surface area (TPSA) is 70.8 Å². The normalized spacial score (nSPS) is 10.5. The summed E-state index contributed by atoms with van der Waals surface area (Å²) in [7, 11) is 3.00. The molecule has 0 aliphatic heterocycles. The average Bonchev–Trinajstić information content (AvgIpc) is 3.12. The molecule has 140 valence electrons. The Hall–Kier alpha value is -3.28. The SMILES string of the molecule is CCOc1oc(-c2ccc(CC(=O)OC)cc2)nc1-c1ccc(OC)cc1. The summed E-state index contributed by atoms with van der Waals surface area (Å²) in [5.74, 6) is 1.31. The number of hydrogen-bond acceptors (Lipinski definition) is 6. The van der Waals surface area contributed by atoms with E-state index in [0.717, 1.165) is 22.4 Å². The third-order valence-corrected chi connectivity index (χ3v) is 4.01. The number of ether oxygens (including phenoxy) is 3. The summed E-state index contributed by atoms with van der Waals surface area (Å²) in [6, 6.07) is 15.0. The number of esters is 1. The number of oxazole rings is 1. The second-order valence-corrected chi connectivity index (χ2v) is 5.77. The van der Waals surface area contributed by atoms with Gasteiger partial charge in [-0.25, -0.2) is 4.98 Å². The van der Waals surface area contributed by atoms with Gasteiger partial charge in [0.1, 0.15) is 5.75 Å². The lowest BCUT2D eigenvalue weighted by Crippen LogP contribution is -2.04. The van der Waals surface area contributed by atoms with Crippen molar-refractivity contribution in [3.05, 3.63) is 54.1 Å². The van der Waals surface area contributed by atoms with E-state index < -0.39 is 0 Å². The van der Waals surface area contributed by atoms with Gasteiger partial charge in [0, 0.05) is 11.1 Å². The van der Waals surface area contributed by atoms with Crippen molar-refractivity contribution in [3.8, 4) is 34.4 Å². The lowest BCUT2D eigenvalue weighted by Gasteiger charge is -2.03. The Morgan fingerprint density at radius 3 is 2.26 bits per heavy atom. The first-order valence-corrected chi connectivity index (χ1v) is 8.58. The average molecular weight is 367 g/mol. The molecule has 3 aromatic rings. The van der Waals surface area contributed by atoms with Crippen LogP contribution in [0.4, 0.5) is 0 Å². The van der Waals surface area contributed by atoms with Gasteiger partial charge in [0.15, 0.2) is 5.69 Å². The number of aromatic nitrogens is 1. The largest absolute Gasteiger partial charge is 0.497 e. The number of hydrogen-bond donors (Lipinski definition) is 0. The summed E-state index contributed by atoms with van der Waals surface area (Å²) >= 11 is 0. The van der Waals surface area contributed by atoms with Crippen LogP contribution in [0.2, 0.25) is 0 Å². The summed E-state index contributed by atoms with van der Waals surface area (Å²) in [6.07, 6.45) is 0.226. The highest BCUT2D eigenvalue weighted by Crippen LogP contribution is 2.35. The van der Waals surface area contributed by atoms with Gasteiger partial charge in [0.25, 0.3) is 0 Å². The Labute approximate surface area is 157 Å². The number of nitrogens with zero attached hydrogens (tertiary/aromatic N) is 1. The number of carbonyl (C=O) groups excluding carboxylic acids is 1. The van der Waals surface area contributed by atoms with Crippen LogP contribution in [0.5, 0.6) is 11.7 Å². The molecule has 0 aliphatic rings. The maximum absolute atomic E-state index is 11.4. The van der Waals surface area contributed by atoms with Crippen LogP contribution in [-0.2, 0) is 16.0 Å². The molecule has 0 amide bonds. The van der Waals surface area contributed by atoms with Crippen LogP contribution in [0.3, 0.4) is 0 Å². The van der Waals surface area contributed by atoms with Crippen LogP contribution in [0.25, 0.3) is 22.7 Å². The standard InChI is InChI=1S/C21H21NO5/c1-4-26-21-19(15-9-11-17(24-2)12-10-15)22-20(27-21)16-7-5-14(6-8-16)13-18(23)25-3/h5-12H,4,13H2,1-3H3. The highest BCUT2D eigenvalue weighted by atomic mass is 16.6. The summed E-state index contributed by atoms with van der Waals surface area (Å²) < 4.78 is 21.3. The van der Waals surface area contributed by atoms with Crippen molar-refractivity contribution in [1.82, 2.24) is 4.98 Å². The molecule has 0 saturated carbocycles. The van der Waals surface area contributed by atoms with Crippen molar-refractivity contribution in [2.45, 2.75) is 13.3 Å². The third kappa shape index (κ3) is 4.28. The minimum absolute atomic E-state index is 0.226. The first-order valence-electron chi connectivity index (χ1n) is 8.58. The number of methoxy groups -OCH3 is 2. The molecule has 6 heteroatoms. The van der Waals surface area contributed by atoms with E-state index in [-0.39, 0.29) is 12.4 Å². The molecule has 0 radical (unpaired) electrons. The molecule has 1 heterocycles. The maximum atomic E-state index is 11.4. The Morgan fingerprint density at radius 1 is 1.00 bits per heavy atom. The summed E-state index contributed by atoms with van der Waals surface area (Å²) in [5, 5.41) is 0. The zero-order chi connectivity index (χ0) is 19.2. The molecule has 0 aliphatic carbocycles. The van der Waals surface area contributed by atoms with E-state index >= 15 is 0 Å². The first kappa shape index (κ1) is 18.5. The highest BCUT2D eigenvalue weighted by molar-refractivity contribution is 5.73. The van der Waals surface area contributed by atoms with Crippen molar-refractivity contribution < 1.29 is 23.4 Å². The van der Waals surface area contributed by atoms with Gasteiger partial charge in [-0.05, 0) is 48.9 Å². The predicted molar refractivity (Wildman–Crippen MR) is 101 cm³/mol. The second-order valence-electron chi connectivity index (χ2n) is 5.77. The smallest absolute Gasteiger partial charge is 0.313 e. The van der Waals surface area contributed by atoms with Crippen molar-refractivity contribution in [3.63, 3.8) is 0 Å². The zero-order valence-electron chi connectivity index (χ0n) is 15.5. The van der Waals surface area contributed by atoms with E-state index in [1.165, 1.54) is 7.11 Å². The molecular weight excluding hydrogens is 346 g/mol. The Balaban J connectivity index is 1.90. The van der Waals surface area contributed by atoms with E-state index in [1.807, 2.05) is 55.5 Å². The fourth-order valence-electron chi connectivity index (χ4n) is 2.59. The minimum atomic E-state index is -0.278. The van der Waals surface area contributed by atoms with Crippen LogP contribution in [0.1, 0.15) is 12.5 Å². The van der Waals surface area contributed by atoms with Gasteiger partial charge < -0.3 is 18.6 Å². The minimum Gasteiger partial charge on any atom is -0.497 e. The van der Waals surface area contributed by atoms with E-state index in [0.29, 0.717) is 24.1 Å². The van der Waals surface area contributed by atoms with E-state index in [4.69, 9.17) is 13.9 Å². The zero-order valence-corrected chi connectivity index (χ0v) is 15.5. The number of rotatable bonds is 7. The molecule has 3 rings (SSSR count). The maximum Gasteiger partial charge on any atom is 0.313 e. The molecule has 0 unspecified atom stereocenters. The highest BCUT2D eigenvalue weighted by Gasteiger charge is 2.18. The lowest BCUT2D eigenvalue weighted by atomic mass is 10.1. The van der Waals surface area contributed by atoms with Crippen LogP contribution < -0.4 is 9.47 Å². The fraction of sp³-hybridized carbons (Fsp3) is 0.238. The Kier molecular flexibility index (Phi) is 5.76. The molecule has 6 nitrogen and oxygen atoms in total. The monoisotopic (exact) mass is 367 g/mol. The summed E-state index contributed by atoms with van der Waals surface area (Å²) in [4.78, 5) is 16.0. The third-order valence-electron chi connectivity index (χ3n) is 4.01. The van der Waals surface area contributed by atoms with E-state index in [1.54, 1.807) is 7.11 Å². The van der Waals surface area contributed by atoms with Gasteiger partial charge in [0.2, 0.25) is 5.89 Å². The van der Waals surface area contributed by atoms with Gasteiger partial charge in [-0.2, -0.15) is 0 Å². The molecule has 0 fully saturated rings. The van der Waals surface area contributed by atoms with Gasteiger partial charge in [-0.15, -0.1) is 0 Å². The quantitative estimate of drug-likeness (QED) is 0.585. The lowest BCUT2D eigenvalue weighted by molar-refractivity contribution is -0.139. The number of benzene rings is 2. The second kappa shape index (κ2) is 8.40. The van der Waals surface area contributed by atoms with Crippen molar-refractivity contribution in [2.75, 3.05) is 20.8 Å². The molecule has 0 atom stereocenters. The molecule has 2 aromatic carbocycles. The van der Waals surface area contributed by atoms with Gasteiger partial charge in [0.05, 0.1) is 27.2 Å². The van der Waals surface area contributed by atoms with E-state index in [9.17, 15) is 4.79 Å². The first-order chi connectivity index (χ1) is 13.1. The molecule has 0 spiro atoms. The van der Waals surface area contributed by atoms with Gasteiger partial charge in [-0.1, -0.05) is 12.1 Å². The van der Waals surface area contributed by atoms with Crippen molar-refractivity contribution in [2.24, 2.45) is 0 Å². The fourth-order valence-corrected chi connectivity index (χ4v) is 2.59. The van der Waals surface area contributed by atoms with Gasteiger partial charge >= 0.3 is 11.9 Å². The van der Waals surface area contributed by atoms with Crippen LogP contribution >= 0.6 is 0 Å². The summed E-state index contributed by atoms with van der Waals surface area (Å²) in [5.41, 5.74) is 3.16. The number of carbonyl (C=O) groups is 1. The Bertz CT molecular complexity index is 897. The molecule has 1 aromatic heterocycles. The molecule has 0 bridgehead atoms. The van der Waals surface area contributed by atoms with Crippen molar-refractivity contribution in [1.29, 1.82) is 0 Å². The van der Waals surface area contributed by atoms with E-state index in [2.05, 4.69) is 9.72 Å². The van der Waals surface area contributed by atoms with Crippen LogP contribution in [0, 0.1) is 0 Å². The summed E-state index contributed by atoms with van der Waals surface area (Å²) in [6.45, 7) is 2.36. The molecule has 27 heavy (non-hydrogen) atoms.